The molecule has 0 aliphatic carbocycles. The van der Waals surface area contributed by atoms with E-state index >= 15 is 0 Å². The summed E-state index contributed by atoms with van der Waals surface area (Å²) >= 11 is 0. The first-order valence-corrected chi connectivity index (χ1v) is 4.76. The third-order valence-corrected chi connectivity index (χ3v) is 2.53. The summed E-state index contributed by atoms with van der Waals surface area (Å²) in [7, 11) is 0. The van der Waals surface area contributed by atoms with E-state index in [9.17, 15) is 0 Å². The largest absolute Gasteiger partial charge is 0.320 e. The van der Waals surface area contributed by atoms with E-state index in [2.05, 4.69) is 55.6 Å². The smallest absolute Gasteiger partial charge is 0.0482 e. The standard InChI is InChI=1S/C12H15N/c1-9(2)11-6-7-12-10(3)5-4-8-13(11)12/h4-9H,1-3H3. The number of hydrogen-bond acceptors (Lipinski definition) is 0. The molecule has 0 fully saturated rings. The van der Waals surface area contributed by atoms with Crippen molar-refractivity contribution in [3.05, 3.63) is 41.7 Å². The first-order valence-electron chi connectivity index (χ1n) is 4.76. The van der Waals surface area contributed by atoms with Crippen molar-refractivity contribution in [2.75, 3.05) is 0 Å². The van der Waals surface area contributed by atoms with Crippen LogP contribution in [0.25, 0.3) is 5.52 Å². The van der Waals surface area contributed by atoms with Crippen LogP contribution in [0.3, 0.4) is 0 Å². The number of aromatic nitrogens is 1. The van der Waals surface area contributed by atoms with E-state index in [1.165, 1.54) is 16.8 Å². The maximum atomic E-state index is 2.28. The molecule has 2 heterocycles. The predicted molar refractivity (Wildman–Crippen MR) is 56.2 cm³/mol. The molecule has 68 valence electrons. The van der Waals surface area contributed by atoms with E-state index in [1.807, 2.05) is 0 Å². The number of pyridine rings is 1. The number of fused-ring (bicyclic) bond motifs is 1. The quantitative estimate of drug-likeness (QED) is 0.622. The Morgan fingerprint density at radius 2 is 1.92 bits per heavy atom. The summed E-state index contributed by atoms with van der Waals surface area (Å²) in [4.78, 5) is 0. The van der Waals surface area contributed by atoms with Crippen molar-refractivity contribution >= 4 is 5.52 Å². The Kier molecular flexibility index (Phi) is 1.87. The fourth-order valence-corrected chi connectivity index (χ4v) is 1.78. The van der Waals surface area contributed by atoms with Crippen LogP contribution in [0.1, 0.15) is 31.0 Å². The molecule has 0 saturated heterocycles. The van der Waals surface area contributed by atoms with Gasteiger partial charge in [-0.15, -0.1) is 0 Å². The normalized spacial score (nSPS) is 11.4. The van der Waals surface area contributed by atoms with Gasteiger partial charge < -0.3 is 4.40 Å². The second-order valence-electron chi connectivity index (χ2n) is 3.86. The van der Waals surface area contributed by atoms with Gasteiger partial charge in [-0.25, -0.2) is 0 Å². The van der Waals surface area contributed by atoms with Gasteiger partial charge in [-0.1, -0.05) is 19.9 Å². The van der Waals surface area contributed by atoms with Crippen molar-refractivity contribution in [1.82, 2.24) is 4.40 Å². The van der Waals surface area contributed by atoms with Crippen LogP contribution in [0, 0.1) is 6.92 Å². The molecule has 0 amide bonds. The van der Waals surface area contributed by atoms with Gasteiger partial charge in [-0.05, 0) is 36.6 Å². The van der Waals surface area contributed by atoms with Crippen LogP contribution in [-0.4, -0.2) is 4.40 Å². The maximum Gasteiger partial charge on any atom is 0.0482 e. The molecule has 0 unspecified atom stereocenters. The van der Waals surface area contributed by atoms with Crippen molar-refractivity contribution in [3.8, 4) is 0 Å². The zero-order valence-corrected chi connectivity index (χ0v) is 8.41. The van der Waals surface area contributed by atoms with Gasteiger partial charge in [0.25, 0.3) is 0 Å². The van der Waals surface area contributed by atoms with E-state index in [0.717, 1.165) is 0 Å². The first kappa shape index (κ1) is 8.36. The Balaban J connectivity index is 2.75. The van der Waals surface area contributed by atoms with Crippen LogP contribution in [-0.2, 0) is 0 Å². The van der Waals surface area contributed by atoms with E-state index in [1.54, 1.807) is 0 Å². The van der Waals surface area contributed by atoms with Crippen molar-refractivity contribution in [1.29, 1.82) is 0 Å². The molecule has 0 aliphatic heterocycles. The van der Waals surface area contributed by atoms with Crippen LogP contribution in [0.4, 0.5) is 0 Å². The summed E-state index contributed by atoms with van der Waals surface area (Å²) in [5.41, 5.74) is 4.05. The van der Waals surface area contributed by atoms with Crippen LogP contribution in [0.15, 0.2) is 30.5 Å². The minimum atomic E-state index is 0.587. The molecule has 0 saturated carbocycles. The molecule has 2 rings (SSSR count). The second-order valence-corrected chi connectivity index (χ2v) is 3.86. The van der Waals surface area contributed by atoms with Gasteiger partial charge >= 0.3 is 0 Å². The van der Waals surface area contributed by atoms with Gasteiger partial charge in [0.15, 0.2) is 0 Å². The summed E-state index contributed by atoms with van der Waals surface area (Å²) in [6.07, 6.45) is 2.14. The van der Waals surface area contributed by atoms with E-state index in [0.29, 0.717) is 5.92 Å². The maximum absolute atomic E-state index is 2.28. The zero-order valence-electron chi connectivity index (χ0n) is 8.41. The fourth-order valence-electron chi connectivity index (χ4n) is 1.78. The third kappa shape index (κ3) is 1.24. The van der Waals surface area contributed by atoms with Crippen molar-refractivity contribution in [2.45, 2.75) is 26.7 Å². The average molecular weight is 173 g/mol. The van der Waals surface area contributed by atoms with E-state index in [4.69, 9.17) is 0 Å². The van der Waals surface area contributed by atoms with E-state index < -0.39 is 0 Å². The molecule has 0 radical (unpaired) electrons. The molecule has 1 nitrogen and oxygen atoms in total. The van der Waals surface area contributed by atoms with E-state index in [-0.39, 0.29) is 0 Å². The lowest BCUT2D eigenvalue weighted by molar-refractivity contribution is 0.808. The monoisotopic (exact) mass is 173 g/mol. The van der Waals surface area contributed by atoms with Crippen LogP contribution in [0.2, 0.25) is 0 Å². The highest BCUT2D eigenvalue weighted by atomic mass is 14.9. The number of nitrogens with zero attached hydrogens (tertiary/aromatic N) is 1. The molecule has 0 atom stereocenters. The molecule has 2 aromatic heterocycles. The highest BCUT2D eigenvalue weighted by Gasteiger charge is 2.05. The first-order chi connectivity index (χ1) is 6.20. The Morgan fingerprint density at radius 3 is 2.62 bits per heavy atom. The van der Waals surface area contributed by atoms with Gasteiger partial charge in [0.1, 0.15) is 0 Å². The average Bonchev–Trinajstić information content (AvgIpc) is 2.48. The van der Waals surface area contributed by atoms with Crippen molar-refractivity contribution in [2.24, 2.45) is 0 Å². The minimum Gasteiger partial charge on any atom is -0.320 e. The summed E-state index contributed by atoms with van der Waals surface area (Å²) in [5.74, 6) is 0.587. The second kappa shape index (κ2) is 2.91. The highest BCUT2D eigenvalue weighted by Crippen LogP contribution is 2.20. The Hall–Kier alpha value is -1.24. The summed E-state index contributed by atoms with van der Waals surface area (Å²) in [6.45, 7) is 6.60. The van der Waals surface area contributed by atoms with Crippen LogP contribution >= 0.6 is 0 Å². The lowest BCUT2D eigenvalue weighted by atomic mass is 10.1. The SMILES string of the molecule is Cc1cccn2c(C(C)C)ccc12. The Morgan fingerprint density at radius 1 is 1.15 bits per heavy atom. The molecule has 1 heteroatoms. The molecular weight excluding hydrogens is 158 g/mol. The number of rotatable bonds is 1. The highest BCUT2D eigenvalue weighted by molar-refractivity contribution is 5.56. The number of hydrogen-bond donors (Lipinski definition) is 0. The van der Waals surface area contributed by atoms with Gasteiger partial charge in [-0.2, -0.15) is 0 Å². The minimum absolute atomic E-state index is 0.587. The fraction of sp³-hybridized carbons (Fsp3) is 0.333. The summed E-state index contributed by atoms with van der Waals surface area (Å²) in [6, 6.07) is 8.67. The molecule has 0 spiro atoms. The summed E-state index contributed by atoms with van der Waals surface area (Å²) in [5, 5.41) is 0. The predicted octanol–water partition coefficient (Wildman–Crippen LogP) is 3.37. The van der Waals surface area contributed by atoms with Gasteiger partial charge in [0.2, 0.25) is 0 Å². The lowest BCUT2D eigenvalue weighted by Crippen LogP contribution is -1.94. The Bertz CT molecular complexity index is 424. The van der Waals surface area contributed by atoms with Gasteiger partial charge in [0.05, 0.1) is 0 Å². The Labute approximate surface area is 79.0 Å². The molecule has 13 heavy (non-hydrogen) atoms. The molecular formula is C12H15N. The van der Waals surface area contributed by atoms with Crippen molar-refractivity contribution < 1.29 is 0 Å². The zero-order chi connectivity index (χ0) is 9.42. The molecule has 2 aromatic rings. The van der Waals surface area contributed by atoms with Crippen LogP contribution in [0.5, 0.6) is 0 Å². The molecule has 0 bridgehead atoms. The lowest BCUT2D eigenvalue weighted by Gasteiger charge is -2.06. The molecule has 0 aromatic carbocycles. The van der Waals surface area contributed by atoms with Gasteiger partial charge in [-0.3, -0.25) is 0 Å². The van der Waals surface area contributed by atoms with Crippen LogP contribution < -0.4 is 0 Å². The molecule has 0 N–H and O–H groups in total. The summed E-state index contributed by atoms with van der Waals surface area (Å²) < 4.78 is 2.28. The van der Waals surface area contributed by atoms with Crippen molar-refractivity contribution in [3.63, 3.8) is 0 Å². The third-order valence-electron chi connectivity index (χ3n) is 2.53. The van der Waals surface area contributed by atoms with Gasteiger partial charge in [0, 0.05) is 17.4 Å². The molecule has 0 aliphatic rings. The topological polar surface area (TPSA) is 4.41 Å². The number of aryl methyl sites for hydroxylation is 1.